The second kappa shape index (κ2) is 3.47. The lowest BCUT2D eigenvalue weighted by Crippen LogP contribution is -1.90. The topological polar surface area (TPSA) is 38.9 Å². The Labute approximate surface area is 88.6 Å². The molecule has 2 aromatic rings. The van der Waals surface area contributed by atoms with Crippen LogP contribution in [0.1, 0.15) is 0 Å². The summed E-state index contributed by atoms with van der Waals surface area (Å²) >= 11 is 4.92. The zero-order chi connectivity index (χ0) is 9.26. The molecule has 2 heterocycles. The number of nitrogens with two attached hydrogens (primary N) is 1. The summed E-state index contributed by atoms with van der Waals surface area (Å²) in [4.78, 5) is 4.14. The Bertz CT molecular complexity index is 412. The Morgan fingerprint density at radius 3 is 2.92 bits per heavy atom. The third-order valence-corrected chi connectivity index (χ3v) is 2.85. The van der Waals surface area contributed by atoms with E-state index in [4.69, 9.17) is 5.73 Å². The molecule has 0 saturated carbocycles. The molecule has 0 aliphatic carbocycles. The number of thiophene rings is 1. The first-order valence-electron chi connectivity index (χ1n) is 3.71. The maximum absolute atomic E-state index is 5.85. The highest BCUT2D eigenvalue weighted by molar-refractivity contribution is 9.10. The Kier molecular flexibility index (Phi) is 2.33. The number of nitrogens with zero attached hydrogens (tertiary/aromatic N) is 1. The van der Waals surface area contributed by atoms with E-state index >= 15 is 0 Å². The first-order chi connectivity index (χ1) is 6.27. The lowest BCUT2D eigenvalue weighted by atomic mass is 10.1. The van der Waals surface area contributed by atoms with Gasteiger partial charge in [0.25, 0.3) is 0 Å². The van der Waals surface area contributed by atoms with Crippen molar-refractivity contribution in [3.8, 4) is 11.1 Å². The van der Waals surface area contributed by atoms with Gasteiger partial charge in [-0.1, -0.05) is 0 Å². The zero-order valence-electron chi connectivity index (χ0n) is 6.70. The number of hydrogen-bond acceptors (Lipinski definition) is 3. The fourth-order valence-electron chi connectivity index (χ4n) is 1.10. The molecule has 0 aliphatic rings. The molecule has 4 heteroatoms. The van der Waals surface area contributed by atoms with Crippen LogP contribution in [0, 0.1) is 0 Å². The van der Waals surface area contributed by atoms with E-state index in [1.165, 1.54) is 0 Å². The van der Waals surface area contributed by atoms with Crippen molar-refractivity contribution < 1.29 is 0 Å². The summed E-state index contributed by atoms with van der Waals surface area (Å²) in [5, 5.41) is 4.08. The van der Waals surface area contributed by atoms with Crippen molar-refractivity contribution in [1.82, 2.24) is 4.98 Å². The minimum absolute atomic E-state index is 0.750. The van der Waals surface area contributed by atoms with Crippen molar-refractivity contribution in [3.05, 3.63) is 33.7 Å². The smallest absolute Gasteiger partial charge is 0.108 e. The zero-order valence-corrected chi connectivity index (χ0v) is 9.10. The Morgan fingerprint density at radius 2 is 2.31 bits per heavy atom. The molecule has 0 fully saturated rings. The predicted octanol–water partition coefficient (Wildman–Crippen LogP) is 3.15. The second-order valence-corrected chi connectivity index (χ2v) is 4.20. The normalized spacial score (nSPS) is 10.2. The number of hydrogen-bond donors (Lipinski definition) is 1. The van der Waals surface area contributed by atoms with Crippen molar-refractivity contribution in [2.75, 3.05) is 5.73 Å². The number of halogens is 1. The van der Waals surface area contributed by atoms with Gasteiger partial charge in [-0.25, -0.2) is 4.98 Å². The van der Waals surface area contributed by atoms with Crippen LogP contribution in [0.3, 0.4) is 0 Å². The van der Waals surface area contributed by atoms with Crippen LogP contribution in [0.25, 0.3) is 11.1 Å². The van der Waals surface area contributed by atoms with Crippen LogP contribution in [0.2, 0.25) is 0 Å². The fraction of sp³-hybridized carbons (Fsp3) is 0. The maximum Gasteiger partial charge on any atom is 0.108 e. The largest absolute Gasteiger partial charge is 0.398 e. The SMILES string of the molecule is Nc1cc(Br)ncc1-c1ccsc1. The molecule has 0 atom stereocenters. The molecule has 2 aromatic heterocycles. The van der Waals surface area contributed by atoms with Crippen LogP contribution in [-0.4, -0.2) is 4.98 Å². The number of pyridine rings is 1. The predicted molar refractivity (Wildman–Crippen MR) is 59.7 cm³/mol. The molecule has 0 saturated heterocycles. The van der Waals surface area contributed by atoms with E-state index in [1.54, 1.807) is 17.5 Å². The maximum atomic E-state index is 5.85. The van der Waals surface area contributed by atoms with Gasteiger partial charge in [-0.3, -0.25) is 0 Å². The van der Waals surface area contributed by atoms with Gasteiger partial charge in [-0.05, 0) is 44.4 Å². The first-order valence-corrected chi connectivity index (χ1v) is 5.44. The van der Waals surface area contributed by atoms with Crippen molar-refractivity contribution in [2.24, 2.45) is 0 Å². The summed E-state index contributed by atoms with van der Waals surface area (Å²) < 4.78 is 0.768. The van der Waals surface area contributed by atoms with Crippen LogP contribution >= 0.6 is 27.3 Å². The molecule has 13 heavy (non-hydrogen) atoms. The molecular formula is C9H7BrN2S. The first kappa shape index (κ1) is 8.72. The van der Waals surface area contributed by atoms with E-state index in [0.717, 1.165) is 21.4 Å². The standard InChI is InChI=1S/C9H7BrN2S/c10-9-3-8(11)7(4-12-9)6-1-2-13-5-6/h1-5H,(H2,11,12). The van der Waals surface area contributed by atoms with Crippen molar-refractivity contribution in [2.45, 2.75) is 0 Å². The van der Waals surface area contributed by atoms with Gasteiger partial charge in [-0.2, -0.15) is 11.3 Å². The van der Waals surface area contributed by atoms with Crippen molar-refractivity contribution in [3.63, 3.8) is 0 Å². The van der Waals surface area contributed by atoms with Gasteiger partial charge in [0.1, 0.15) is 4.60 Å². The van der Waals surface area contributed by atoms with Crippen LogP contribution in [0.5, 0.6) is 0 Å². The van der Waals surface area contributed by atoms with E-state index in [-0.39, 0.29) is 0 Å². The highest BCUT2D eigenvalue weighted by Crippen LogP contribution is 2.28. The van der Waals surface area contributed by atoms with Gasteiger partial charge >= 0.3 is 0 Å². The van der Waals surface area contributed by atoms with E-state index in [0.29, 0.717) is 0 Å². The molecule has 2 nitrogen and oxygen atoms in total. The Balaban J connectivity index is 2.53. The van der Waals surface area contributed by atoms with Crippen molar-refractivity contribution in [1.29, 1.82) is 0 Å². The van der Waals surface area contributed by atoms with Crippen LogP contribution in [0.15, 0.2) is 33.7 Å². The highest BCUT2D eigenvalue weighted by Gasteiger charge is 2.03. The van der Waals surface area contributed by atoms with Crippen LogP contribution < -0.4 is 5.73 Å². The molecule has 0 aromatic carbocycles. The van der Waals surface area contributed by atoms with Gasteiger partial charge in [-0.15, -0.1) is 0 Å². The monoisotopic (exact) mass is 254 g/mol. The van der Waals surface area contributed by atoms with Gasteiger partial charge in [0.05, 0.1) is 0 Å². The summed E-state index contributed by atoms with van der Waals surface area (Å²) in [6.07, 6.45) is 1.78. The Hall–Kier alpha value is -0.870. The highest BCUT2D eigenvalue weighted by atomic mass is 79.9. The van der Waals surface area contributed by atoms with E-state index in [9.17, 15) is 0 Å². The third kappa shape index (κ3) is 1.73. The lowest BCUT2D eigenvalue weighted by Gasteiger charge is -2.02. The molecule has 2 N–H and O–H groups in total. The lowest BCUT2D eigenvalue weighted by molar-refractivity contribution is 1.28. The fourth-order valence-corrected chi connectivity index (χ4v) is 2.11. The van der Waals surface area contributed by atoms with Gasteiger partial charge in [0.15, 0.2) is 0 Å². The van der Waals surface area contributed by atoms with Crippen LogP contribution in [-0.2, 0) is 0 Å². The minimum atomic E-state index is 0.750. The van der Waals surface area contributed by atoms with Gasteiger partial charge < -0.3 is 5.73 Å². The molecule has 0 spiro atoms. The molecule has 0 amide bonds. The third-order valence-electron chi connectivity index (χ3n) is 1.73. The average molecular weight is 255 g/mol. The number of nitrogen functional groups attached to an aromatic ring is 1. The van der Waals surface area contributed by atoms with E-state index in [2.05, 4.69) is 26.3 Å². The van der Waals surface area contributed by atoms with Gasteiger partial charge in [0.2, 0.25) is 0 Å². The molecule has 0 radical (unpaired) electrons. The summed E-state index contributed by atoms with van der Waals surface area (Å²) in [5.74, 6) is 0. The van der Waals surface area contributed by atoms with E-state index in [1.807, 2.05) is 17.5 Å². The second-order valence-electron chi connectivity index (χ2n) is 2.61. The quantitative estimate of drug-likeness (QED) is 0.795. The summed E-state index contributed by atoms with van der Waals surface area (Å²) in [7, 11) is 0. The number of aromatic nitrogens is 1. The summed E-state index contributed by atoms with van der Waals surface area (Å²) in [6, 6.07) is 3.85. The summed E-state index contributed by atoms with van der Waals surface area (Å²) in [6.45, 7) is 0. The van der Waals surface area contributed by atoms with Crippen LogP contribution in [0.4, 0.5) is 5.69 Å². The molecular weight excluding hydrogens is 248 g/mol. The minimum Gasteiger partial charge on any atom is -0.398 e. The molecule has 66 valence electrons. The van der Waals surface area contributed by atoms with Gasteiger partial charge in [0, 0.05) is 17.4 Å². The number of rotatable bonds is 1. The van der Waals surface area contributed by atoms with Crippen molar-refractivity contribution >= 4 is 33.0 Å². The molecule has 0 bridgehead atoms. The Morgan fingerprint density at radius 1 is 1.46 bits per heavy atom. The van der Waals surface area contributed by atoms with E-state index < -0.39 is 0 Å². The molecule has 0 aliphatic heterocycles. The average Bonchev–Trinajstić information content (AvgIpc) is 2.56. The molecule has 2 rings (SSSR count). The summed E-state index contributed by atoms with van der Waals surface area (Å²) in [5.41, 5.74) is 8.72. The molecule has 0 unspecified atom stereocenters. The number of anilines is 1.